The minimum absolute atomic E-state index is 0.0828. The van der Waals surface area contributed by atoms with Gasteiger partial charge < -0.3 is 24.1 Å². The van der Waals surface area contributed by atoms with Crippen LogP contribution in [0.4, 0.5) is 0 Å². The highest BCUT2D eigenvalue weighted by molar-refractivity contribution is 5.76. The maximum absolute atomic E-state index is 12.4. The van der Waals surface area contributed by atoms with Gasteiger partial charge in [-0.3, -0.25) is 9.59 Å². The highest BCUT2D eigenvalue weighted by Gasteiger charge is 2.59. The lowest BCUT2D eigenvalue weighted by Crippen LogP contribution is -2.61. The van der Waals surface area contributed by atoms with E-state index in [1.165, 1.54) is 6.42 Å². The Morgan fingerprint density at radius 3 is 2.09 bits per heavy atom. The molecule has 1 saturated heterocycles. The number of aliphatic hydroxyl groups is 1. The first-order chi connectivity index (χ1) is 15.8. The van der Waals surface area contributed by atoms with E-state index in [9.17, 15) is 14.7 Å². The number of hydrogen-bond acceptors (Lipinski definition) is 7. The van der Waals surface area contributed by atoms with Gasteiger partial charge in [0.05, 0.1) is 23.0 Å². The van der Waals surface area contributed by atoms with Crippen LogP contribution >= 0.6 is 0 Å². The SMILES string of the molecule is CCC(C)(C)C(=O)OC12CC3CC(CC(O)(C3)C1)C2.CCC(C)(C)C(=O)OC1COCCCO1. The fourth-order valence-electron chi connectivity index (χ4n) is 5.82. The Kier molecular flexibility index (Phi) is 8.41. The minimum Gasteiger partial charge on any atom is -0.459 e. The van der Waals surface area contributed by atoms with Crippen molar-refractivity contribution in [3.8, 4) is 0 Å². The third kappa shape index (κ3) is 6.52. The predicted molar refractivity (Wildman–Crippen MR) is 128 cm³/mol. The van der Waals surface area contributed by atoms with Crippen molar-refractivity contribution in [1.29, 1.82) is 0 Å². The van der Waals surface area contributed by atoms with E-state index in [2.05, 4.69) is 0 Å². The fourth-order valence-corrected chi connectivity index (χ4v) is 5.82. The molecule has 7 nitrogen and oxygen atoms in total. The van der Waals surface area contributed by atoms with E-state index in [0.29, 0.717) is 38.1 Å². The maximum Gasteiger partial charge on any atom is 0.313 e. The van der Waals surface area contributed by atoms with Crippen molar-refractivity contribution in [2.45, 2.75) is 117 Å². The standard InChI is InChI=1S/C16H26O3.C11H20O4/c1-4-14(2,3)13(17)19-16-8-11-5-12(9-16)7-15(18,6-11)10-16;1-4-11(2,3)10(12)15-9-8-13-6-5-7-14-9/h11-12,18H,4-10H2,1-3H3;9H,4-8H2,1-3H3. The van der Waals surface area contributed by atoms with E-state index in [-0.39, 0.29) is 17.5 Å². The Labute approximate surface area is 205 Å². The van der Waals surface area contributed by atoms with Crippen molar-refractivity contribution in [3.05, 3.63) is 0 Å². The summed E-state index contributed by atoms with van der Waals surface area (Å²) in [7, 11) is 0. The van der Waals surface area contributed by atoms with Crippen molar-refractivity contribution < 1.29 is 33.6 Å². The van der Waals surface area contributed by atoms with Crippen molar-refractivity contribution in [2.75, 3.05) is 19.8 Å². The highest BCUT2D eigenvalue weighted by atomic mass is 16.7. The summed E-state index contributed by atoms with van der Waals surface area (Å²) in [6.45, 7) is 13.2. The number of carbonyl (C=O) groups excluding carboxylic acids is 2. The average molecular weight is 483 g/mol. The van der Waals surface area contributed by atoms with E-state index in [1.807, 2.05) is 41.5 Å². The Morgan fingerprint density at radius 1 is 0.941 bits per heavy atom. The molecular weight excluding hydrogens is 436 g/mol. The molecular formula is C27H46O7. The molecule has 0 spiro atoms. The van der Waals surface area contributed by atoms with Crippen molar-refractivity contribution in [3.63, 3.8) is 0 Å². The number of hydrogen-bond donors (Lipinski definition) is 1. The molecule has 0 aromatic rings. The average Bonchev–Trinajstić information content (AvgIpc) is 3.00. The molecule has 3 atom stereocenters. The minimum atomic E-state index is -0.555. The van der Waals surface area contributed by atoms with E-state index >= 15 is 0 Å². The molecule has 4 bridgehead atoms. The summed E-state index contributed by atoms with van der Waals surface area (Å²) >= 11 is 0. The molecule has 34 heavy (non-hydrogen) atoms. The normalized spacial score (nSPS) is 35.1. The maximum atomic E-state index is 12.4. The predicted octanol–water partition coefficient (Wildman–Crippen LogP) is 4.78. The first kappa shape index (κ1) is 27.4. The first-order valence-corrected chi connectivity index (χ1v) is 13.2. The molecule has 5 rings (SSSR count). The van der Waals surface area contributed by atoms with E-state index in [4.69, 9.17) is 18.9 Å². The molecule has 1 N–H and O–H groups in total. The summed E-state index contributed by atoms with van der Waals surface area (Å²) in [5.41, 5.74) is -1.77. The largest absolute Gasteiger partial charge is 0.459 e. The van der Waals surface area contributed by atoms with Gasteiger partial charge in [0.1, 0.15) is 12.2 Å². The molecule has 196 valence electrons. The smallest absolute Gasteiger partial charge is 0.313 e. The van der Waals surface area contributed by atoms with E-state index in [0.717, 1.165) is 44.9 Å². The molecule has 0 aromatic carbocycles. The number of carbonyl (C=O) groups is 2. The van der Waals surface area contributed by atoms with Crippen LogP contribution in [-0.2, 0) is 28.5 Å². The second-order valence-electron chi connectivity index (χ2n) is 12.4. The number of ether oxygens (including phenoxy) is 4. The molecule has 0 aromatic heterocycles. The van der Waals surface area contributed by atoms with Crippen LogP contribution in [0.1, 0.15) is 99.3 Å². The summed E-state index contributed by atoms with van der Waals surface area (Å²) in [5, 5.41) is 10.6. The molecule has 1 heterocycles. The molecule has 4 aliphatic carbocycles. The summed E-state index contributed by atoms with van der Waals surface area (Å²) in [6, 6.07) is 0. The van der Waals surface area contributed by atoms with Gasteiger partial charge >= 0.3 is 11.9 Å². The van der Waals surface area contributed by atoms with Crippen LogP contribution in [-0.4, -0.2) is 54.4 Å². The molecule has 0 radical (unpaired) electrons. The number of esters is 2. The molecule has 4 saturated carbocycles. The summed E-state index contributed by atoms with van der Waals surface area (Å²) in [6.07, 6.45) is 7.51. The van der Waals surface area contributed by atoms with Gasteiger partial charge in [-0.2, -0.15) is 0 Å². The lowest BCUT2D eigenvalue weighted by molar-refractivity contribution is -0.225. The summed E-state index contributed by atoms with van der Waals surface area (Å²) < 4.78 is 21.8. The van der Waals surface area contributed by atoms with Crippen LogP contribution < -0.4 is 0 Å². The second-order valence-corrected chi connectivity index (χ2v) is 12.4. The van der Waals surface area contributed by atoms with Crippen LogP contribution in [0, 0.1) is 22.7 Å². The van der Waals surface area contributed by atoms with Crippen molar-refractivity contribution in [2.24, 2.45) is 22.7 Å². The van der Waals surface area contributed by atoms with Crippen LogP contribution in [0.5, 0.6) is 0 Å². The Morgan fingerprint density at radius 2 is 1.53 bits per heavy atom. The Balaban J connectivity index is 0.000000197. The van der Waals surface area contributed by atoms with Crippen molar-refractivity contribution in [1.82, 2.24) is 0 Å². The van der Waals surface area contributed by atoms with Crippen LogP contribution in [0.2, 0.25) is 0 Å². The molecule has 7 heteroatoms. The third-order valence-electron chi connectivity index (χ3n) is 8.39. The van der Waals surface area contributed by atoms with Gasteiger partial charge in [-0.1, -0.05) is 13.8 Å². The summed E-state index contributed by atoms with van der Waals surface area (Å²) in [4.78, 5) is 24.1. The van der Waals surface area contributed by atoms with E-state index in [1.54, 1.807) is 0 Å². The second kappa shape index (κ2) is 10.4. The van der Waals surface area contributed by atoms with Gasteiger partial charge in [-0.15, -0.1) is 0 Å². The van der Waals surface area contributed by atoms with Crippen LogP contribution in [0.3, 0.4) is 0 Å². The van der Waals surface area contributed by atoms with E-state index < -0.39 is 22.7 Å². The zero-order chi connectivity index (χ0) is 25.2. The molecule has 5 fully saturated rings. The fraction of sp³-hybridized carbons (Fsp3) is 0.926. The quantitative estimate of drug-likeness (QED) is 0.545. The van der Waals surface area contributed by atoms with Crippen LogP contribution in [0.25, 0.3) is 0 Å². The molecule has 1 aliphatic heterocycles. The molecule has 0 amide bonds. The Bertz CT molecular complexity index is 706. The van der Waals surface area contributed by atoms with Gasteiger partial charge in [-0.05, 0) is 90.9 Å². The van der Waals surface area contributed by atoms with Crippen molar-refractivity contribution >= 4 is 11.9 Å². The zero-order valence-electron chi connectivity index (χ0n) is 22.1. The lowest BCUT2D eigenvalue weighted by atomic mass is 9.52. The van der Waals surface area contributed by atoms with Gasteiger partial charge in [-0.25, -0.2) is 0 Å². The highest BCUT2D eigenvalue weighted by Crippen LogP contribution is 2.59. The molecule has 3 unspecified atom stereocenters. The third-order valence-corrected chi connectivity index (χ3v) is 8.39. The summed E-state index contributed by atoms with van der Waals surface area (Å²) in [5.74, 6) is 0.814. The monoisotopic (exact) mass is 482 g/mol. The Hall–Kier alpha value is -1.18. The molecule has 5 aliphatic rings. The zero-order valence-corrected chi connectivity index (χ0v) is 22.1. The van der Waals surface area contributed by atoms with Gasteiger partial charge in [0.15, 0.2) is 0 Å². The van der Waals surface area contributed by atoms with Crippen LogP contribution in [0.15, 0.2) is 0 Å². The van der Waals surface area contributed by atoms with Gasteiger partial charge in [0, 0.05) is 13.0 Å². The lowest BCUT2D eigenvalue weighted by Gasteiger charge is -2.59. The first-order valence-electron chi connectivity index (χ1n) is 13.2. The van der Waals surface area contributed by atoms with Gasteiger partial charge in [0.2, 0.25) is 6.29 Å². The number of rotatable bonds is 6. The topological polar surface area (TPSA) is 91.3 Å². The van der Waals surface area contributed by atoms with Gasteiger partial charge in [0.25, 0.3) is 0 Å².